The first-order chi connectivity index (χ1) is 9.79. The number of carbonyl (C=O) groups is 1. The highest BCUT2D eigenvalue weighted by Gasteiger charge is 2.17. The van der Waals surface area contributed by atoms with Crippen molar-refractivity contribution in [1.29, 1.82) is 0 Å². The Hall–Kier alpha value is -1.90. The van der Waals surface area contributed by atoms with Crippen molar-refractivity contribution < 1.29 is 27.1 Å². The molecule has 2 rings (SSSR count). The molecule has 9 heteroatoms. The van der Waals surface area contributed by atoms with E-state index in [1.165, 1.54) is 12.1 Å². The lowest BCUT2D eigenvalue weighted by atomic mass is 10.3. The Morgan fingerprint density at radius 2 is 2.05 bits per heavy atom. The molecule has 0 radical (unpaired) electrons. The number of benzene rings is 1. The minimum Gasteiger partial charge on any atom is -0.475 e. The zero-order chi connectivity index (χ0) is 15.6. The molecule has 0 saturated heterocycles. The summed E-state index contributed by atoms with van der Waals surface area (Å²) < 4.78 is 44.0. The molecule has 6 nitrogen and oxygen atoms in total. The molecule has 2 aromatic rings. The van der Waals surface area contributed by atoms with Gasteiger partial charge in [0.25, 0.3) is 0 Å². The molecule has 1 aromatic heterocycles. The van der Waals surface area contributed by atoms with Crippen molar-refractivity contribution >= 4 is 27.6 Å². The molecular weight excluding hydrogens is 325 g/mol. The second kappa shape index (κ2) is 5.84. The first kappa shape index (κ1) is 15.5. The number of hydrogen-bond donors (Lipinski definition) is 2. The predicted octanol–water partition coefficient (Wildman–Crippen LogP) is 2.25. The lowest BCUT2D eigenvalue weighted by Crippen LogP contribution is -2.23. The molecule has 1 heterocycles. The minimum atomic E-state index is -3.92. The Balaban J connectivity index is 2.13. The van der Waals surface area contributed by atoms with Crippen LogP contribution in [0.4, 0.5) is 4.39 Å². The highest BCUT2D eigenvalue weighted by atomic mass is 35.5. The molecule has 0 bridgehead atoms. The van der Waals surface area contributed by atoms with E-state index in [4.69, 9.17) is 21.1 Å². The number of carboxylic acid groups (broad SMARTS) is 1. The monoisotopic (exact) mass is 333 g/mol. The molecule has 0 aliphatic carbocycles. The Kier molecular flexibility index (Phi) is 4.31. The lowest BCUT2D eigenvalue weighted by molar-refractivity contribution is 0.0660. The normalized spacial score (nSPS) is 11.5. The molecule has 0 aliphatic rings. The van der Waals surface area contributed by atoms with Gasteiger partial charge in [0, 0.05) is 0 Å². The number of nitrogens with one attached hydrogen (secondary N) is 1. The molecule has 0 unspecified atom stereocenters. The summed E-state index contributed by atoms with van der Waals surface area (Å²) in [6, 6.07) is 5.52. The van der Waals surface area contributed by atoms with Gasteiger partial charge >= 0.3 is 5.97 Å². The van der Waals surface area contributed by atoms with E-state index in [0.29, 0.717) is 0 Å². The van der Waals surface area contributed by atoms with Gasteiger partial charge in [-0.1, -0.05) is 11.6 Å². The fourth-order valence-corrected chi connectivity index (χ4v) is 2.75. The van der Waals surface area contributed by atoms with Gasteiger partial charge in [-0.25, -0.2) is 22.3 Å². The maximum atomic E-state index is 13.0. The predicted molar refractivity (Wildman–Crippen MR) is 71.1 cm³/mol. The molecule has 0 saturated carbocycles. The van der Waals surface area contributed by atoms with Crippen molar-refractivity contribution in [2.45, 2.75) is 11.4 Å². The van der Waals surface area contributed by atoms with Crippen LogP contribution in [0.2, 0.25) is 5.02 Å². The van der Waals surface area contributed by atoms with E-state index < -0.39 is 21.8 Å². The zero-order valence-corrected chi connectivity index (χ0v) is 11.9. The van der Waals surface area contributed by atoms with E-state index in [-0.39, 0.29) is 28.0 Å². The summed E-state index contributed by atoms with van der Waals surface area (Å²) in [5.41, 5.74) is 0. The van der Waals surface area contributed by atoms with Crippen LogP contribution in [-0.2, 0) is 16.6 Å². The highest BCUT2D eigenvalue weighted by molar-refractivity contribution is 7.89. The molecule has 0 amide bonds. The standard InChI is InChI=1S/C12H9ClFNO5S/c13-9-5-8(2-3-10(9)14)21(18,19)15-6-7-1-4-11(20-7)12(16)17/h1-5,15H,6H2,(H,16,17). The number of furan rings is 1. The molecule has 0 atom stereocenters. The van der Waals surface area contributed by atoms with Gasteiger partial charge in [0.2, 0.25) is 15.8 Å². The molecule has 1 aromatic carbocycles. The average Bonchev–Trinajstić information content (AvgIpc) is 2.89. The number of sulfonamides is 1. The second-order valence-corrected chi connectivity index (χ2v) is 6.15. The van der Waals surface area contributed by atoms with Crippen LogP contribution < -0.4 is 4.72 Å². The molecule has 2 N–H and O–H groups in total. The summed E-state index contributed by atoms with van der Waals surface area (Å²) in [7, 11) is -3.92. The van der Waals surface area contributed by atoms with Crippen LogP contribution >= 0.6 is 11.6 Å². The van der Waals surface area contributed by atoms with E-state index in [1.54, 1.807) is 0 Å². The first-order valence-corrected chi connectivity index (χ1v) is 7.42. The highest BCUT2D eigenvalue weighted by Crippen LogP contribution is 2.19. The summed E-state index contributed by atoms with van der Waals surface area (Å²) in [6.07, 6.45) is 0. The van der Waals surface area contributed by atoms with E-state index >= 15 is 0 Å². The largest absolute Gasteiger partial charge is 0.475 e. The molecule has 21 heavy (non-hydrogen) atoms. The van der Waals surface area contributed by atoms with Gasteiger partial charge in [-0.05, 0) is 30.3 Å². The minimum absolute atomic E-state index is 0.129. The summed E-state index contributed by atoms with van der Waals surface area (Å²) in [5.74, 6) is -2.15. The Bertz CT molecular complexity index is 787. The summed E-state index contributed by atoms with van der Waals surface area (Å²) in [4.78, 5) is 10.4. The Morgan fingerprint density at radius 1 is 1.33 bits per heavy atom. The zero-order valence-electron chi connectivity index (χ0n) is 10.3. The maximum Gasteiger partial charge on any atom is 0.371 e. The third-order valence-electron chi connectivity index (χ3n) is 2.51. The van der Waals surface area contributed by atoms with Crippen LogP contribution in [-0.4, -0.2) is 19.5 Å². The number of aromatic carboxylic acids is 1. The quantitative estimate of drug-likeness (QED) is 0.874. The smallest absolute Gasteiger partial charge is 0.371 e. The maximum absolute atomic E-state index is 13.0. The summed E-state index contributed by atoms with van der Waals surface area (Å²) in [5, 5.41) is 8.36. The van der Waals surface area contributed by atoms with Crippen molar-refractivity contribution in [3.8, 4) is 0 Å². The first-order valence-electron chi connectivity index (χ1n) is 5.56. The van der Waals surface area contributed by atoms with E-state index in [1.807, 2.05) is 0 Å². The topological polar surface area (TPSA) is 96.6 Å². The van der Waals surface area contributed by atoms with Crippen molar-refractivity contribution in [2.75, 3.05) is 0 Å². The van der Waals surface area contributed by atoms with Crippen molar-refractivity contribution in [2.24, 2.45) is 0 Å². The SMILES string of the molecule is O=C(O)c1ccc(CNS(=O)(=O)c2ccc(F)c(Cl)c2)o1. The molecule has 0 spiro atoms. The van der Waals surface area contributed by atoms with Gasteiger partial charge in [0.15, 0.2) is 0 Å². The Morgan fingerprint density at radius 3 is 2.62 bits per heavy atom. The van der Waals surface area contributed by atoms with E-state index in [0.717, 1.165) is 18.2 Å². The van der Waals surface area contributed by atoms with Crippen molar-refractivity contribution in [3.05, 3.63) is 52.7 Å². The van der Waals surface area contributed by atoms with E-state index in [9.17, 15) is 17.6 Å². The van der Waals surface area contributed by atoms with Crippen LogP contribution in [0.25, 0.3) is 0 Å². The van der Waals surface area contributed by atoms with Gasteiger partial charge in [0.05, 0.1) is 16.5 Å². The van der Waals surface area contributed by atoms with Crippen molar-refractivity contribution in [3.63, 3.8) is 0 Å². The molecule has 0 fully saturated rings. The summed E-state index contributed by atoms with van der Waals surface area (Å²) in [6.45, 7) is -0.245. The molecular formula is C12H9ClFNO5S. The number of carboxylic acids is 1. The third-order valence-corrected chi connectivity index (χ3v) is 4.20. The van der Waals surface area contributed by atoms with Crippen LogP contribution in [0.15, 0.2) is 39.6 Å². The average molecular weight is 334 g/mol. The summed E-state index contributed by atoms with van der Waals surface area (Å²) >= 11 is 5.52. The number of hydrogen-bond acceptors (Lipinski definition) is 4. The third kappa shape index (κ3) is 3.60. The van der Waals surface area contributed by atoms with E-state index in [2.05, 4.69) is 4.72 Å². The fourth-order valence-electron chi connectivity index (χ4n) is 1.48. The molecule has 112 valence electrons. The number of halogens is 2. The lowest BCUT2D eigenvalue weighted by Gasteiger charge is -2.06. The van der Waals surface area contributed by atoms with Crippen LogP contribution in [0.5, 0.6) is 0 Å². The van der Waals surface area contributed by atoms with Crippen LogP contribution in [0.3, 0.4) is 0 Å². The van der Waals surface area contributed by atoms with Crippen LogP contribution in [0, 0.1) is 5.82 Å². The number of rotatable bonds is 5. The van der Waals surface area contributed by atoms with Gasteiger partial charge in [0.1, 0.15) is 11.6 Å². The van der Waals surface area contributed by atoms with Gasteiger partial charge < -0.3 is 9.52 Å². The fraction of sp³-hybridized carbons (Fsp3) is 0.0833. The van der Waals surface area contributed by atoms with Gasteiger partial charge in [-0.2, -0.15) is 0 Å². The van der Waals surface area contributed by atoms with Crippen LogP contribution in [0.1, 0.15) is 16.3 Å². The Labute approximate surface area is 124 Å². The van der Waals surface area contributed by atoms with Gasteiger partial charge in [-0.3, -0.25) is 0 Å². The second-order valence-electron chi connectivity index (χ2n) is 3.97. The van der Waals surface area contributed by atoms with Gasteiger partial charge in [-0.15, -0.1) is 0 Å². The molecule has 0 aliphatic heterocycles. The van der Waals surface area contributed by atoms with Crippen molar-refractivity contribution in [1.82, 2.24) is 4.72 Å².